The fourth-order valence-electron chi connectivity index (χ4n) is 2.66. The summed E-state index contributed by atoms with van der Waals surface area (Å²) in [7, 11) is -1.39. The summed E-state index contributed by atoms with van der Waals surface area (Å²) in [5.41, 5.74) is 6.34. The molecule has 3 aromatic carbocycles. The predicted octanol–water partition coefficient (Wildman–Crippen LogP) is 4.88. The van der Waals surface area contributed by atoms with E-state index in [2.05, 4.69) is 91.0 Å². The van der Waals surface area contributed by atoms with Crippen LogP contribution in [0.25, 0.3) is 0 Å². The third-order valence-electron chi connectivity index (χ3n) is 3.69. The van der Waals surface area contributed by atoms with Crippen LogP contribution in [0.4, 0.5) is 0 Å². The number of benzene rings is 3. The van der Waals surface area contributed by atoms with Crippen LogP contribution in [0.2, 0.25) is 0 Å². The Morgan fingerprint density at radius 2 is 0.810 bits per heavy atom. The molecule has 0 saturated carbocycles. The summed E-state index contributed by atoms with van der Waals surface area (Å²) in [6, 6.07) is 31.9. The van der Waals surface area contributed by atoms with E-state index in [1.807, 2.05) is 0 Å². The second kappa shape index (κ2) is 6.17. The van der Waals surface area contributed by atoms with Crippen molar-refractivity contribution in [2.45, 2.75) is 14.7 Å². The summed E-state index contributed by atoms with van der Waals surface area (Å²) in [6.07, 6.45) is 0. The van der Waals surface area contributed by atoms with E-state index in [0.717, 1.165) is 0 Å². The van der Waals surface area contributed by atoms with Crippen LogP contribution in [0, 0.1) is 0 Å². The largest absolute Gasteiger partial charge is 0.322 e. The molecule has 0 saturated heterocycles. The molecule has 0 aromatic heterocycles. The van der Waals surface area contributed by atoms with Gasteiger partial charge in [-0.05, 0) is 51.1 Å². The number of nitrogens with two attached hydrogens (primary N) is 1. The minimum absolute atomic E-state index is 0.616. The van der Waals surface area contributed by atoms with Gasteiger partial charge in [-0.15, -0.1) is 10.0 Å². The van der Waals surface area contributed by atoms with Gasteiger partial charge in [0.25, 0.3) is 0 Å². The third kappa shape index (κ3) is 2.48. The van der Waals surface area contributed by atoms with E-state index < -0.39 is 10.0 Å². The van der Waals surface area contributed by atoms with Gasteiger partial charge >= 0.3 is 0 Å². The summed E-state index contributed by atoms with van der Waals surface area (Å²) < 4.78 is 0. The molecular weight excluding hydrogens is 274 g/mol. The first-order valence-electron chi connectivity index (χ1n) is 7.04. The van der Waals surface area contributed by atoms with Gasteiger partial charge in [-0.3, -0.25) is 0 Å². The lowest BCUT2D eigenvalue weighted by molar-refractivity contribution is 1.23. The van der Waals surface area contributed by atoms with Crippen LogP contribution in [0.5, 0.6) is 0 Å². The van der Waals surface area contributed by atoms with Gasteiger partial charge in [0.05, 0.1) is 0 Å². The monoisotopic (exact) mass is 293 g/mol. The Morgan fingerprint density at radius 3 is 1.05 bits per heavy atom. The van der Waals surface area contributed by atoms with E-state index in [4.69, 9.17) is 5.73 Å². The lowest BCUT2D eigenvalue weighted by Gasteiger charge is -2.40. The molecule has 0 radical (unpaired) electrons. The van der Waals surface area contributed by atoms with Crippen LogP contribution in [-0.2, 0) is 0 Å². The average Bonchev–Trinajstić information content (AvgIpc) is 2.59. The number of hydrogen-bond donors (Lipinski definition) is 1. The normalized spacial score (nSPS) is 12.0. The maximum absolute atomic E-state index is 6.34. The van der Waals surface area contributed by atoms with E-state index in [1.54, 1.807) is 0 Å². The topological polar surface area (TPSA) is 26.0 Å². The maximum Gasteiger partial charge on any atom is 0.0352 e. The Kier molecular flexibility index (Phi) is 4.09. The summed E-state index contributed by atoms with van der Waals surface area (Å²) in [4.78, 5) is 3.93. The SMILES string of the molecule is NCS(c1ccccc1)(c1ccccc1)c1ccccc1. The smallest absolute Gasteiger partial charge is 0.0352 e. The molecule has 0 atom stereocenters. The molecule has 0 aliphatic carbocycles. The van der Waals surface area contributed by atoms with Gasteiger partial charge < -0.3 is 5.73 Å². The highest BCUT2D eigenvalue weighted by Crippen LogP contribution is 2.66. The highest BCUT2D eigenvalue weighted by Gasteiger charge is 2.28. The van der Waals surface area contributed by atoms with Gasteiger partial charge in [0.1, 0.15) is 0 Å². The zero-order valence-electron chi connectivity index (χ0n) is 11.9. The standard InChI is InChI=1S/C19H19NS/c20-16-21(17-10-4-1-5-11-17,18-12-6-2-7-13-18)19-14-8-3-9-15-19/h1-15H,16,20H2. The zero-order chi connectivity index (χ0) is 14.5. The van der Waals surface area contributed by atoms with Crippen molar-refractivity contribution >= 4 is 10.0 Å². The lowest BCUT2D eigenvalue weighted by atomic mass is 10.4. The van der Waals surface area contributed by atoms with Crippen molar-refractivity contribution in [1.82, 2.24) is 0 Å². The molecule has 2 N–H and O–H groups in total. The molecule has 0 amide bonds. The molecule has 0 heterocycles. The highest BCUT2D eigenvalue weighted by molar-refractivity contribution is 8.33. The van der Waals surface area contributed by atoms with Gasteiger partial charge in [-0.1, -0.05) is 54.6 Å². The van der Waals surface area contributed by atoms with Crippen LogP contribution in [0.1, 0.15) is 0 Å². The third-order valence-corrected chi connectivity index (χ3v) is 7.42. The molecule has 0 aliphatic heterocycles. The van der Waals surface area contributed by atoms with E-state index in [1.165, 1.54) is 14.7 Å². The predicted molar refractivity (Wildman–Crippen MR) is 90.8 cm³/mol. The summed E-state index contributed by atoms with van der Waals surface area (Å²) in [6.45, 7) is 0. The first-order chi connectivity index (χ1) is 10.4. The molecule has 0 unspecified atom stereocenters. The summed E-state index contributed by atoms with van der Waals surface area (Å²) in [5, 5.41) is 0. The molecule has 0 spiro atoms. The van der Waals surface area contributed by atoms with Crippen molar-refractivity contribution in [1.29, 1.82) is 0 Å². The number of hydrogen-bond acceptors (Lipinski definition) is 1. The average molecular weight is 293 g/mol. The van der Waals surface area contributed by atoms with E-state index >= 15 is 0 Å². The van der Waals surface area contributed by atoms with Crippen molar-refractivity contribution < 1.29 is 0 Å². The molecule has 0 aliphatic rings. The highest BCUT2D eigenvalue weighted by atomic mass is 32.3. The molecule has 21 heavy (non-hydrogen) atoms. The Labute approximate surface area is 127 Å². The van der Waals surface area contributed by atoms with Crippen LogP contribution < -0.4 is 5.73 Å². The van der Waals surface area contributed by atoms with E-state index in [0.29, 0.717) is 5.88 Å². The Hall–Kier alpha value is -2.03. The molecule has 2 heteroatoms. The van der Waals surface area contributed by atoms with Gasteiger partial charge in [0.15, 0.2) is 0 Å². The first kappa shape index (κ1) is 13.9. The molecule has 1 nitrogen and oxygen atoms in total. The van der Waals surface area contributed by atoms with Crippen LogP contribution in [0.15, 0.2) is 106 Å². The van der Waals surface area contributed by atoms with Crippen LogP contribution in [-0.4, -0.2) is 5.88 Å². The van der Waals surface area contributed by atoms with E-state index in [9.17, 15) is 0 Å². The molecule has 0 bridgehead atoms. The van der Waals surface area contributed by atoms with Gasteiger partial charge in [-0.2, -0.15) is 0 Å². The first-order valence-corrected chi connectivity index (χ1v) is 8.84. The van der Waals surface area contributed by atoms with Crippen molar-refractivity contribution in [3.05, 3.63) is 91.0 Å². The van der Waals surface area contributed by atoms with Crippen LogP contribution in [0.3, 0.4) is 0 Å². The summed E-state index contributed by atoms with van der Waals surface area (Å²) in [5.74, 6) is 0.616. The second-order valence-corrected chi connectivity index (χ2v) is 8.07. The van der Waals surface area contributed by atoms with Crippen molar-refractivity contribution in [2.24, 2.45) is 5.73 Å². The van der Waals surface area contributed by atoms with Crippen molar-refractivity contribution in [3.63, 3.8) is 0 Å². The molecule has 3 aromatic rings. The fourth-order valence-corrected chi connectivity index (χ4v) is 5.91. The van der Waals surface area contributed by atoms with Crippen molar-refractivity contribution in [3.8, 4) is 0 Å². The second-order valence-electron chi connectivity index (χ2n) is 4.85. The minimum atomic E-state index is -1.39. The lowest BCUT2D eigenvalue weighted by Crippen LogP contribution is -2.14. The Morgan fingerprint density at radius 1 is 0.524 bits per heavy atom. The zero-order valence-corrected chi connectivity index (χ0v) is 12.7. The molecule has 106 valence electrons. The Bertz CT molecular complexity index is 584. The summed E-state index contributed by atoms with van der Waals surface area (Å²) >= 11 is 0. The minimum Gasteiger partial charge on any atom is -0.322 e. The molecule has 0 fully saturated rings. The van der Waals surface area contributed by atoms with Gasteiger partial charge in [0, 0.05) is 5.88 Å². The maximum atomic E-state index is 6.34. The van der Waals surface area contributed by atoms with Gasteiger partial charge in [-0.25, -0.2) is 0 Å². The van der Waals surface area contributed by atoms with E-state index in [-0.39, 0.29) is 0 Å². The van der Waals surface area contributed by atoms with Crippen molar-refractivity contribution in [2.75, 3.05) is 5.88 Å². The molecule has 3 rings (SSSR count). The quantitative estimate of drug-likeness (QED) is 0.728. The number of rotatable bonds is 4. The fraction of sp³-hybridized carbons (Fsp3) is 0.0526. The van der Waals surface area contributed by atoms with Gasteiger partial charge in [0.2, 0.25) is 0 Å². The Balaban J connectivity index is 2.29. The molecular formula is C19H19NS. The van der Waals surface area contributed by atoms with Crippen LogP contribution >= 0.6 is 10.0 Å².